The molecule has 1 heterocycles. The van der Waals surface area contributed by atoms with Gasteiger partial charge in [0.15, 0.2) is 0 Å². The Balaban J connectivity index is 2.17. The summed E-state index contributed by atoms with van der Waals surface area (Å²) in [6, 6.07) is 5.48. The van der Waals surface area contributed by atoms with Gasteiger partial charge in [-0.25, -0.2) is 13.6 Å². The lowest BCUT2D eigenvalue weighted by atomic mass is 10.3. The number of anilines is 1. The molecule has 0 saturated carbocycles. The van der Waals surface area contributed by atoms with Crippen LogP contribution in [-0.4, -0.2) is 13.3 Å². The summed E-state index contributed by atoms with van der Waals surface area (Å²) in [5.74, 6) is 0. The molecule has 3 N–H and O–H groups in total. The number of nitro groups is 1. The molecule has 0 bridgehead atoms. The maximum Gasteiger partial charge on any atom is 0.324 e. The third kappa shape index (κ3) is 3.91. The van der Waals surface area contributed by atoms with E-state index < -0.39 is 14.9 Å². The predicted molar refractivity (Wildman–Crippen MR) is 81.1 cm³/mol. The number of nitrogens with two attached hydrogens (primary N) is 1. The van der Waals surface area contributed by atoms with Crippen LogP contribution in [0.25, 0.3) is 0 Å². The van der Waals surface area contributed by atoms with Gasteiger partial charge in [-0.3, -0.25) is 10.1 Å². The number of nitrogens with one attached hydrogen (secondary N) is 1. The second-order valence-electron chi connectivity index (χ2n) is 4.09. The standard InChI is InChI=1S/C11H10ClN3O4S2/c12-9-2-1-8(21(13,18)19)4-10(9)14-5-7-3-11(15(16)17)20-6-7/h1-4,6,14H,5H2,(H2,13,18,19). The van der Waals surface area contributed by atoms with Gasteiger partial charge in [-0.05, 0) is 23.8 Å². The second kappa shape index (κ2) is 5.98. The molecule has 0 aliphatic rings. The second-order valence-corrected chi connectivity index (χ2v) is 6.95. The Bertz CT molecular complexity index is 789. The zero-order valence-corrected chi connectivity index (χ0v) is 12.8. The molecule has 7 nitrogen and oxygen atoms in total. The number of halogens is 1. The Morgan fingerprint density at radius 2 is 2.10 bits per heavy atom. The quantitative estimate of drug-likeness (QED) is 0.637. The minimum Gasteiger partial charge on any atom is -0.380 e. The van der Waals surface area contributed by atoms with Gasteiger partial charge in [0.05, 0.1) is 20.5 Å². The van der Waals surface area contributed by atoms with Crippen LogP contribution in [0.3, 0.4) is 0 Å². The largest absolute Gasteiger partial charge is 0.380 e. The predicted octanol–water partition coefficient (Wildman–Crippen LogP) is 2.57. The summed E-state index contributed by atoms with van der Waals surface area (Å²) in [4.78, 5) is 10.1. The molecular formula is C11H10ClN3O4S2. The molecule has 112 valence electrons. The highest BCUT2D eigenvalue weighted by molar-refractivity contribution is 7.89. The molecule has 21 heavy (non-hydrogen) atoms. The van der Waals surface area contributed by atoms with Gasteiger partial charge >= 0.3 is 5.00 Å². The van der Waals surface area contributed by atoms with Crippen LogP contribution >= 0.6 is 22.9 Å². The molecule has 0 saturated heterocycles. The Labute approximate surface area is 129 Å². The van der Waals surface area contributed by atoms with Gasteiger partial charge in [0.2, 0.25) is 10.0 Å². The first-order valence-electron chi connectivity index (χ1n) is 5.55. The molecule has 0 fully saturated rings. The van der Waals surface area contributed by atoms with Gasteiger partial charge in [0.1, 0.15) is 0 Å². The lowest BCUT2D eigenvalue weighted by Gasteiger charge is -2.08. The van der Waals surface area contributed by atoms with E-state index in [4.69, 9.17) is 16.7 Å². The van der Waals surface area contributed by atoms with E-state index in [1.807, 2.05) is 0 Å². The zero-order chi connectivity index (χ0) is 15.6. The molecule has 2 rings (SSSR count). The van der Waals surface area contributed by atoms with Crippen LogP contribution in [0.1, 0.15) is 5.56 Å². The minimum absolute atomic E-state index is 0.0381. The van der Waals surface area contributed by atoms with E-state index in [-0.39, 0.29) is 16.4 Å². The van der Waals surface area contributed by atoms with Gasteiger partial charge in [-0.2, -0.15) is 0 Å². The van der Waals surface area contributed by atoms with Gasteiger partial charge in [0.25, 0.3) is 0 Å². The van der Waals surface area contributed by atoms with Crippen LogP contribution in [-0.2, 0) is 16.6 Å². The first-order valence-corrected chi connectivity index (χ1v) is 8.36. The average molecular weight is 348 g/mol. The van der Waals surface area contributed by atoms with Crippen molar-refractivity contribution in [2.75, 3.05) is 5.32 Å². The average Bonchev–Trinajstić information content (AvgIpc) is 2.85. The molecule has 0 radical (unpaired) electrons. The van der Waals surface area contributed by atoms with Crippen molar-refractivity contribution in [2.45, 2.75) is 11.4 Å². The van der Waals surface area contributed by atoms with E-state index in [2.05, 4.69) is 5.32 Å². The lowest BCUT2D eigenvalue weighted by Crippen LogP contribution is -2.12. The summed E-state index contributed by atoms with van der Waals surface area (Å²) in [7, 11) is -3.82. The number of primary sulfonamides is 1. The smallest absolute Gasteiger partial charge is 0.324 e. The summed E-state index contributed by atoms with van der Waals surface area (Å²) in [6.45, 7) is 0.276. The molecule has 0 spiro atoms. The third-order valence-corrected chi connectivity index (χ3v) is 4.74. The Morgan fingerprint density at radius 3 is 2.67 bits per heavy atom. The molecule has 0 amide bonds. The fourth-order valence-corrected chi connectivity index (χ4v) is 3.02. The van der Waals surface area contributed by atoms with Crippen molar-refractivity contribution >= 4 is 43.6 Å². The number of nitrogens with zero attached hydrogens (tertiary/aromatic N) is 1. The topological polar surface area (TPSA) is 115 Å². The molecule has 0 unspecified atom stereocenters. The maximum atomic E-state index is 11.3. The highest BCUT2D eigenvalue weighted by Gasteiger charge is 2.12. The SMILES string of the molecule is NS(=O)(=O)c1ccc(Cl)c(NCc2csc([N+](=O)[O-])c2)c1. The normalized spacial score (nSPS) is 11.3. The monoisotopic (exact) mass is 347 g/mol. The minimum atomic E-state index is -3.82. The van der Waals surface area contributed by atoms with Crippen molar-refractivity contribution in [3.05, 3.63) is 50.3 Å². The number of hydrogen-bond acceptors (Lipinski definition) is 6. The zero-order valence-electron chi connectivity index (χ0n) is 10.4. The van der Waals surface area contributed by atoms with E-state index in [1.165, 1.54) is 24.3 Å². The van der Waals surface area contributed by atoms with Crippen LogP contribution in [0, 0.1) is 10.1 Å². The lowest BCUT2D eigenvalue weighted by molar-refractivity contribution is -0.380. The summed E-state index contributed by atoms with van der Waals surface area (Å²) in [6.07, 6.45) is 0. The van der Waals surface area contributed by atoms with Crippen molar-refractivity contribution in [1.82, 2.24) is 0 Å². The van der Waals surface area contributed by atoms with Crippen LogP contribution in [0.2, 0.25) is 5.02 Å². The molecule has 2 aromatic rings. The first kappa shape index (κ1) is 15.7. The Morgan fingerprint density at radius 1 is 1.38 bits per heavy atom. The summed E-state index contributed by atoms with van der Waals surface area (Å²) < 4.78 is 22.6. The number of rotatable bonds is 5. The van der Waals surface area contributed by atoms with E-state index in [1.54, 1.807) is 5.38 Å². The highest BCUT2D eigenvalue weighted by atomic mass is 35.5. The molecule has 1 aromatic carbocycles. The number of thiophene rings is 1. The van der Waals surface area contributed by atoms with E-state index in [9.17, 15) is 18.5 Å². The Kier molecular flexibility index (Phi) is 4.47. The molecule has 0 atom stereocenters. The van der Waals surface area contributed by atoms with Crippen molar-refractivity contribution in [1.29, 1.82) is 0 Å². The number of sulfonamides is 1. The van der Waals surface area contributed by atoms with Gasteiger partial charge < -0.3 is 5.32 Å². The van der Waals surface area contributed by atoms with Crippen molar-refractivity contribution < 1.29 is 13.3 Å². The van der Waals surface area contributed by atoms with Crippen LogP contribution < -0.4 is 10.5 Å². The third-order valence-electron chi connectivity index (χ3n) is 2.57. The van der Waals surface area contributed by atoms with Gasteiger partial charge in [0, 0.05) is 18.0 Å². The number of hydrogen-bond donors (Lipinski definition) is 2. The molecular weight excluding hydrogens is 338 g/mol. The summed E-state index contributed by atoms with van der Waals surface area (Å²) in [5, 5.41) is 20.6. The van der Waals surface area contributed by atoms with E-state index >= 15 is 0 Å². The summed E-state index contributed by atoms with van der Waals surface area (Å²) >= 11 is 6.98. The van der Waals surface area contributed by atoms with Gasteiger partial charge in [-0.1, -0.05) is 22.9 Å². The molecule has 1 aromatic heterocycles. The van der Waals surface area contributed by atoms with Gasteiger partial charge in [-0.15, -0.1) is 0 Å². The van der Waals surface area contributed by atoms with Crippen molar-refractivity contribution in [3.8, 4) is 0 Å². The fraction of sp³-hybridized carbons (Fsp3) is 0.0909. The van der Waals surface area contributed by atoms with E-state index in [0.717, 1.165) is 11.3 Å². The van der Waals surface area contributed by atoms with E-state index in [0.29, 0.717) is 16.3 Å². The summed E-state index contributed by atoms with van der Waals surface area (Å²) in [5.41, 5.74) is 1.08. The van der Waals surface area contributed by atoms with Crippen LogP contribution in [0.5, 0.6) is 0 Å². The Hall–Kier alpha value is -1.68. The van der Waals surface area contributed by atoms with Crippen LogP contribution in [0.4, 0.5) is 10.7 Å². The number of benzene rings is 1. The maximum absolute atomic E-state index is 11.3. The van der Waals surface area contributed by atoms with Crippen molar-refractivity contribution in [3.63, 3.8) is 0 Å². The van der Waals surface area contributed by atoms with Crippen molar-refractivity contribution in [2.24, 2.45) is 5.14 Å². The molecule has 10 heteroatoms. The first-order chi connectivity index (χ1) is 9.77. The molecule has 0 aliphatic heterocycles. The molecule has 0 aliphatic carbocycles. The highest BCUT2D eigenvalue weighted by Crippen LogP contribution is 2.27. The fourth-order valence-electron chi connectivity index (χ4n) is 1.57. The van der Waals surface area contributed by atoms with Crippen LogP contribution in [0.15, 0.2) is 34.5 Å².